The number of carbonyl (C=O) groups is 1. The van der Waals surface area contributed by atoms with E-state index in [9.17, 15) is 9.18 Å². The first-order valence-corrected chi connectivity index (χ1v) is 6.65. The van der Waals surface area contributed by atoms with Crippen LogP contribution in [0, 0.1) is 5.82 Å². The van der Waals surface area contributed by atoms with E-state index in [1.807, 2.05) is 24.3 Å². The third-order valence-corrected chi connectivity index (χ3v) is 3.84. The molecule has 1 fully saturated rings. The minimum Gasteiger partial charge on any atom is -0.289 e. The van der Waals surface area contributed by atoms with Crippen LogP contribution in [0.1, 0.15) is 46.7 Å². The number of carbonyl (C=O) groups excluding carboxylic acids is 1. The Morgan fingerprint density at radius 3 is 2.53 bits per heavy atom. The number of ketones is 1. The molecular weight excluding hydrogens is 239 g/mol. The SMILES string of the molecule is O=C(c1cccc(F)c1)c1ccccc1C1CCC1. The van der Waals surface area contributed by atoms with Crippen molar-refractivity contribution in [3.05, 3.63) is 71.0 Å². The average molecular weight is 254 g/mol. The van der Waals surface area contributed by atoms with Gasteiger partial charge in [-0.3, -0.25) is 4.79 Å². The maximum absolute atomic E-state index is 13.2. The van der Waals surface area contributed by atoms with Gasteiger partial charge in [0.15, 0.2) is 5.78 Å². The number of halogens is 1. The highest BCUT2D eigenvalue weighted by molar-refractivity contribution is 6.10. The fourth-order valence-electron chi connectivity index (χ4n) is 2.56. The standard InChI is InChI=1S/C17H15FO/c18-14-8-4-7-13(11-14)17(19)16-10-2-1-9-15(16)12-5-3-6-12/h1-2,4,7-12H,3,5-6H2. The van der Waals surface area contributed by atoms with Gasteiger partial charge in [0.25, 0.3) is 0 Å². The number of rotatable bonds is 3. The first kappa shape index (κ1) is 12.1. The monoisotopic (exact) mass is 254 g/mol. The molecule has 96 valence electrons. The maximum Gasteiger partial charge on any atom is 0.193 e. The molecule has 0 radical (unpaired) electrons. The second-order valence-corrected chi connectivity index (χ2v) is 5.05. The Kier molecular flexibility index (Phi) is 3.16. The van der Waals surface area contributed by atoms with Gasteiger partial charge in [0, 0.05) is 11.1 Å². The molecule has 0 bridgehead atoms. The molecule has 2 aromatic carbocycles. The normalized spacial score (nSPS) is 15.0. The van der Waals surface area contributed by atoms with Crippen LogP contribution < -0.4 is 0 Å². The number of hydrogen-bond acceptors (Lipinski definition) is 1. The first-order valence-electron chi connectivity index (χ1n) is 6.65. The fourth-order valence-corrected chi connectivity index (χ4v) is 2.56. The predicted octanol–water partition coefficient (Wildman–Crippen LogP) is 4.32. The van der Waals surface area contributed by atoms with Crippen LogP contribution in [0.5, 0.6) is 0 Å². The Morgan fingerprint density at radius 2 is 1.84 bits per heavy atom. The van der Waals surface area contributed by atoms with Gasteiger partial charge in [-0.15, -0.1) is 0 Å². The van der Waals surface area contributed by atoms with E-state index in [4.69, 9.17) is 0 Å². The highest BCUT2D eigenvalue weighted by Crippen LogP contribution is 2.38. The molecule has 0 N–H and O–H groups in total. The van der Waals surface area contributed by atoms with Crippen LogP contribution in [0.4, 0.5) is 4.39 Å². The average Bonchev–Trinajstić information content (AvgIpc) is 2.37. The largest absolute Gasteiger partial charge is 0.289 e. The molecular formula is C17H15FO. The molecule has 0 saturated heterocycles. The van der Waals surface area contributed by atoms with Gasteiger partial charge < -0.3 is 0 Å². The molecule has 0 aromatic heterocycles. The molecule has 1 aliphatic carbocycles. The van der Waals surface area contributed by atoms with E-state index in [2.05, 4.69) is 0 Å². The lowest BCUT2D eigenvalue weighted by Gasteiger charge is -2.27. The van der Waals surface area contributed by atoms with Gasteiger partial charge in [0.2, 0.25) is 0 Å². The predicted molar refractivity (Wildman–Crippen MR) is 72.9 cm³/mol. The third kappa shape index (κ3) is 2.30. The van der Waals surface area contributed by atoms with Crippen LogP contribution in [0.15, 0.2) is 48.5 Å². The summed E-state index contributed by atoms with van der Waals surface area (Å²) < 4.78 is 13.2. The second-order valence-electron chi connectivity index (χ2n) is 5.05. The molecule has 1 nitrogen and oxygen atoms in total. The van der Waals surface area contributed by atoms with Gasteiger partial charge in [-0.1, -0.05) is 42.8 Å². The van der Waals surface area contributed by atoms with Gasteiger partial charge in [0.1, 0.15) is 5.82 Å². The smallest absolute Gasteiger partial charge is 0.193 e. The molecule has 2 heteroatoms. The summed E-state index contributed by atoms with van der Waals surface area (Å²) in [5, 5.41) is 0. The van der Waals surface area contributed by atoms with Crippen molar-refractivity contribution in [1.29, 1.82) is 0 Å². The van der Waals surface area contributed by atoms with Crippen LogP contribution in [-0.4, -0.2) is 5.78 Å². The lowest BCUT2D eigenvalue weighted by molar-refractivity contribution is 0.103. The molecule has 0 aliphatic heterocycles. The van der Waals surface area contributed by atoms with Crippen molar-refractivity contribution in [2.45, 2.75) is 25.2 Å². The number of hydrogen-bond donors (Lipinski definition) is 0. The van der Waals surface area contributed by atoms with E-state index in [1.54, 1.807) is 12.1 Å². The Bertz CT molecular complexity index is 614. The molecule has 0 amide bonds. The van der Waals surface area contributed by atoms with Crippen LogP contribution >= 0.6 is 0 Å². The van der Waals surface area contributed by atoms with Crippen LogP contribution in [-0.2, 0) is 0 Å². The summed E-state index contributed by atoms with van der Waals surface area (Å²) in [7, 11) is 0. The Balaban J connectivity index is 1.99. The van der Waals surface area contributed by atoms with Crippen LogP contribution in [0.3, 0.4) is 0 Å². The van der Waals surface area contributed by atoms with E-state index in [0.29, 0.717) is 11.5 Å². The third-order valence-electron chi connectivity index (χ3n) is 3.84. The van der Waals surface area contributed by atoms with Crippen molar-refractivity contribution in [3.8, 4) is 0 Å². The van der Waals surface area contributed by atoms with E-state index in [-0.39, 0.29) is 11.6 Å². The molecule has 1 aliphatic rings. The Labute approximate surface area is 112 Å². The number of benzene rings is 2. The topological polar surface area (TPSA) is 17.1 Å². The molecule has 2 aromatic rings. The van der Waals surface area contributed by atoms with Gasteiger partial charge >= 0.3 is 0 Å². The highest BCUT2D eigenvalue weighted by atomic mass is 19.1. The molecule has 19 heavy (non-hydrogen) atoms. The van der Waals surface area contributed by atoms with Gasteiger partial charge in [-0.05, 0) is 36.5 Å². The van der Waals surface area contributed by atoms with E-state index in [1.165, 1.54) is 18.6 Å². The minimum absolute atomic E-state index is 0.0815. The summed E-state index contributed by atoms with van der Waals surface area (Å²) in [5.74, 6) is 0.0442. The van der Waals surface area contributed by atoms with Crippen molar-refractivity contribution in [1.82, 2.24) is 0 Å². The lowest BCUT2D eigenvalue weighted by atomic mass is 9.77. The van der Waals surface area contributed by atoms with E-state index < -0.39 is 0 Å². The van der Waals surface area contributed by atoms with Crippen LogP contribution in [0.2, 0.25) is 0 Å². The quantitative estimate of drug-likeness (QED) is 0.745. The summed E-state index contributed by atoms with van der Waals surface area (Å²) in [6, 6.07) is 13.6. The molecule has 3 rings (SSSR count). The van der Waals surface area contributed by atoms with Crippen molar-refractivity contribution in [2.75, 3.05) is 0 Å². The highest BCUT2D eigenvalue weighted by Gasteiger charge is 2.24. The van der Waals surface area contributed by atoms with E-state index in [0.717, 1.165) is 24.0 Å². The maximum atomic E-state index is 13.2. The van der Waals surface area contributed by atoms with E-state index >= 15 is 0 Å². The van der Waals surface area contributed by atoms with Gasteiger partial charge in [-0.25, -0.2) is 4.39 Å². The molecule has 0 heterocycles. The van der Waals surface area contributed by atoms with Gasteiger partial charge in [0.05, 0.1) is 0 Å². The van der Waals surface area contributed by atoms with Crippen molar-refractivity contribution in [3.63, 3.8) is 0 Å². The summed E-state index contributed by atoms with van der Waals surface area (Å²) in [4.78, 5) is 12.5. The Morgan fingerprint density at radius 1 is 1.05 bits per heavy atom. The second kappa shape index (κ2) is 4.96. The molecule has 0 atom stereocenters. The zero-order chi connectivity index (χ0) is 13.2. The first-order chi connectivity index (χ1) is 9.25. The van der Waals surface area contributed by atoms with Crippen molar-refractivity contribution in [2.24, 2.45) is 0 Å². The van der Waals surface area contributed by atoms with Gasteiger partial charge in [-0.2, -0.15) is 0 Å². The summed E-state index contributed by atoms with van der Waals surface area (Å²) in [5.41, 5.74) is 2.26. The zero-order valence-corrected chi connectivity index (χ0v) is 10.6. The Hall–Kier alpha value is -1.96. The summed E-state index contributed by atoms with van der Waals surface area (Å²) in [6.07, 6.45) is 3.52. The molecule has 1 saturated carbocycles. The lowest BCUT2D eigenvalue weighted by Crippen LogP contribution is -2.14. The van der Waals surface area contributed by atoms with Crippen LogP contribution in [0.25, 0.3) is 0 Å². The summed E-state index contributed by atoms with van der Waals surface area (Å²) in [6.45, 7) is 0. The minimum atomic E-state index is -0.369. The van der Waals surface area contributed by atoms with Crippen molar-refractivity contribution >= 4 is 5.78 Å². The molecule has 0 unspecified atom stereocenters. The molecule has 0 spiro atoms. The zero-order valence-electron chi connectivity index (χ0n) is 10.6. The van der Waals surface area contributed by atoms with Crippen molar-refractivity contribution < 1.29 is 9.18 Å². The fraction of sp³-hybridized carbons (Fsp3) is 0.235. The summed E-state index contributed by atoms with van der Waals surface area (Å²) >= 11 is 0.